The van der Waals surface area contributed by atoms with Crippen molar-refractivity contribution >= 4 is 43.1 Å². The molecule has 3 fully saturated rings. The van der Waals surface area contributed by atoms with Crippen LogP contribution in [0, 0.1) is 5.92 Å². The Bertz CT molecular complexity index is 465. The summed E-state index contributed by atoms with van der Waals surface area (Å²) in [6.07, 6.45) is 7.58. The highest BCUT2D eigenvalue weighted by molar-refractivity contribution is 5.86. The van der Waals surface area contributed by atoms with Crippen molar-refractivity contribution in [3.05, 3.63) is 0 Å². The van der Waals surface area contributed by atoms with Gasteiger partial charge in [0.2, 0.25) is 5.91 Å². The van der Waals surface area contributed by atoms with Crippen LogP contribution in [0.5, 0.6) is 0 Å². The van der Waals surface area contributed by atoms with Gasteiger partial charge in [0.1, 0.15) is 0 Å². The quantitative estimate of drug-likeness (QED) is 0.661. The number of piperidine rings is 2. The number of nitrogens with zero attached hydrogens (tertiary/aromatic N) is 3. The first-order valence-electron chi connectivity index (χ1n) is 10.5. The lowest BCUT2D eigenvalue weighted by molar-refractivity contribution is -0.139. The fraction of sp³-hybridized carbons (Fsp3) is 0.950. The molecule has 3 heterocycles. The first-order valence-corrected chi connectivity index (χ1v) is 10.5. The van der Waals surface area contributed by atoms with Gasteiger partial charge in [0.05, 0.1) is 5.54 Å². The average molecular weight is 476 g/mol. The number of nitrogens with two attached hydrogens (primary N) is 1. The minimum Gasteiger partial charge on any atom is -0.381 e. The number of amides is 1. The van der Waals surface area contributed by atoms with Crippen molar-refractivity contribution in [2.45, 2.75) is 56.5 Å². The second kappa shape index (κ2) is 13.6. The molecule has 3 rings (SSSR count). The summed E-state index contributed by atoms with van der Waals surface area (Å²) in [5.41, 5.74) is 5.64. The molecule has 0 spiro atoms. The van der Waals surface area contributed by atoms with Crippen LogP contribution in [0.15, 0.2) is 0 Å². The molecule has 174 valence electrons. The number of rotatable bonds is 5. The van der Waals surface area contributed by atoms with Crippen molar-refractivity contribution in [3.63, 3.8) is 0 Å². The van der Waals surface area contributed by atoms with Gasteiger partial charge >= 0.3 is 0 Å². The number of hydrogen-bond acceptors (Lipinski definition) is 5. The van der Waals surface area contributed by atoms with Crippen LogP contribution in [0.1, 0.15) is 44.9 Å². The van der Waals surface area contributed by atoms with E-state index in [9.17, 15) is 4.79 Å². The van der Waals surface area contributed by atoms with Gasteiger partial charge < -0.3 is 25.2 Å². The zero-order valence-electron chi connectivity index (χ0n) is 18.0. The topological polar surface area (TPSA) is 62.0 Å². The van der Waals surface area contributed by atoms with Gasteiger partial charge in [-0.05, 0) is 84.1 Å². The van der Waals surface area contributed by atoms with Crippen LogP contribution in [0.4, 0.5) is 0 Å². The zero-order valence-corrected chi connectivity index (χ0v) is 20.5. The Morgan fingerprint density at radius 3 is 2.14 bits per heavy atom. The van der Waals surface area contributed by atoms with Gasteiger partial charge in [0.15, 0.2) is 0 Å². The van der Waals surface area contributed by atoms with Crippen molar-refractivity contribution in [1.82, 2.24) is 14.7 Å². The fourth-order valence-electron chi connectivity index (χ4n) is 4.77. The molecule has 3 saturated heterocycles. The predicted molar refractivity (Wildman–Crippen MR) is 126 cm³/mol. The predicted octanol–water partition coefficient (Wildman–Crippen LogP) is 2.41. The first-order chi connectivity index (χ1) is 12.5. The van der Waals surface area contributed by atoms with Gasteiger partial charge in [-0.3, -0.25) is 4.79 Å². The Kier molecular flexibility index (Phi) is 13.6. The lowest BCUT2D eigenvalue weighted by Gasteiger charge is -2.41. The van der Waals surface area contributed by atoms with Gasteiger partial charge in [0.25, 0.3) is 0 Å². The minimum atomic E-state index is -0.704. The molecule has 0 atom stereocenters. The molecule has 0 saturated carbocycles. The van der Waals surface area contributed by atoms with E-state index >= 15 is 0 Å². The molecular formula is C20H41Cl3N4O2. The maximum Gasteiger partial charge on any atom is 0.242 e. The smallest absolute Gasteiger partial charge is 0.242 e. The molecule has 0 unspecified atom stereocenters. The molecule has 0 aromatic rings. The largest absolute Gasteiger partial charge is 0.381 e. The van der Waals surface area contributed by atoms with E-state index in [-0.39, 0.29) is 43.1 Å². The van der Waals surface area contributed by atoms with Crippen molar-refractivity contribution < 1.29 is 9.53 Å². The number of carbonyl (C=O) groups is 1. The lowest BCUT2D eigenvalue weighted by Crippen LogP contribution is -2.57. The third-order valence-electron chi connectivity index (χ3n) is 6.88. The summed E-state index contributed by atoms with van der Waals surface area (Å²) in [4.78, 5) is 19.7. The van der Waals surface area contributed by atoms with Crippen LogP contribution >= 0.6 is 37.2 Å². The van der Waals surface area contributed by atoms with E-state index in [1.807, 2.05) is 11.9 Å². The third kappa shape index (κ3) is 7.99. The van der Waals surface area contributed by atoms with Crippen molar-refractivity contribution in [3.8, 4) is 0 Å². The summed E-state index contributed by atoms with van der Waals surface area (Å²) in [6, 6.07) is 0.794. The fourth-order valence-corrected chi connectivity index (χ4v) is 4.77. The maximum atomic E-state index is 12.7. The summed E-state index contributed by atoms with van der Waals surface area (Å²) < 4.78 is 5.36. The maximum absolute atomic E-state index is 12.7. The molecule has 0 aromatic carbocycles. The van der Waals surface area contributed by atoms with Crippen LogP contribution in [0.3, 0.4) is 0 Å². The molecule has 0 aliphatic carbocycles. The minimum absolute atomic E-state index is 0. The van der Waals surface area contributed by atoms with Gasteiger partial charge in [0, 0.05) is 32.8 Å². The Morgan fingerprint density at radius 2 is 1.59 bits per heavy atom. The highest BCUT2D eigenvalue weighted by Gasteiger charge is 2.38. The van der Waals surface area contributed by atoms with E-state index in [1.54, 1.807) is 0 Å². The number of carbonyl (C=O) groups excluding carboxylic acids is 1. The molecule has 29 heavy (non-hydrogen) atoms. The van der Waals surface area contributed by atoms with Crippen LogP contribution in [-0.4, -0.2) is 92.2 Å². The molecule has 2 N–H and O–H groups in total. The van der Waals surface area contributed by atoms with Crippen LogP contribution < -0.4 is 5.73 Å². The molecule has 1 amide bonds. The Morgan fingerprint density at radius 1 is 1.03 bits per heavy atom. The molecule has 9 heteroatoms. The normalized spacial score (nSPS) is 24.0. The summed E-state index contributed by atoms with van der Waals surface area (Å²) in [6.45, 7) is 6.98. The number of ether oxygens (including phenoxy) is 1. The number of likely N-dealkylation sites (tertiary alicyclic amines) is 2. The standard InChI is InChI=1S/C20H38N4O2.3ClH/c1-22-10-6-18(7-11-22)24-13-4-17(5-14-24)3-12-23(2)19(25)20(21)8-15-26-16-9-20;;;/h17-18H,3-16,21H2,1-2H3;3*1H. The van der Waals surface area contributed by atoms with Gasteiger partial charge in [-0.1, -0.05) is 0 Å². The first kappa shape index (κ1) is 29.2. The number of hydrogen-bond donors (Lipinski definition) is 1. The SMILES string of the molecule is CN1CCC(N2CCC(CCN(C)C(=O)C3(N)CCOCC3)CC2)CC1.Cl.Cl.Cl. The summed E-state index contributed by atoms with van der Waals surface area (Å²) >= 11 is 0. The highest BCUT2D eigenvalue weighted by atomic mass is 35.5. The van der Waals surface area contributed by atoms with Gasteiger partial charge in [-0.15, -0.1) is 37.2 Å². The van der Waals surface area contributed by atoms with Crippen LogP contribution in [0.25, 0.3) is 0 Å². The van der Waals surface area contributed by atoms with E-state index in [0.29, 0.717) is 26.1 Å². The van der Waals surface area contributed by atoms with Crippen molar-refractivity contribution in [2.24, 2.45) is 11.7 Å². The molecule has 0 aromatic heterocycles. The summed E-state index contributed by atoms with van der Waals surface area (Å²) in [5, 5.41) is 0. The monoisotopic (exact) mass is 474 g/mol. The average Bonchev–Trinajstić information content (AvgIpc) is 2.67. The summed E-state index contributed by atoms with van der Waals surface area (Å²) in [5.74, 6) is 0.848. The second-order valence-corrected chi connectivity index (χ2v) is 8.80. The van der Waals surface area contributed by atoms with E-state index in [4.69, 9.17) is 10.5 Å². The lowest BCUT2D eigenvalue weighted by atomic mass is 9.88. The van der Waals surface area contributed by atoms with Crippen LogP contribution in [0.2, 0.25) is 0 Å². The van der Waals surface area contributed by atoms with Crippen molar-refractivity contribution in [1.29, 1.82) is 0 Å². The number of halogens is 3. The van der Waals surface area contributed by atoms with Crippen molar-refractivity contribution in [2.75, 3.05) is 60.0 Å². The molecule has 0 radical (unpaired) electrons. The Labute approximate surface area is 195 Å². The zero-order chi connectivity index (χ0) is 18.6. The molecular weight excluding hydrogens is 435 g/mol. The van der Waals surface area contributed by atoms with E-state index in [1.165, 1.54) is 51.9 Å². The van der Waals surface area contributed by atoms with Gasteiger partial charge in [-0.2, -0.15) is 0 Å². The second-order valence-electron chi connectivity index (χ2n) is 8.80. The Hall–Kier alpha value is 0.180. The molecule has 3 aliphatic rings. The molecule has 3 aliphatic heterocycles. The summed E-state index contributed by atoms with van der Waals surface area (Å²) in [7, 11) is 4.14. The Balaban J connectivity index is 0.00000261. The van der Waals surface area contributed by atoms with E-state index in [2.05, 4.69) is 16.8 Å². The highest BCUT2D eigenvalue weighted by Crippen LogP contribution is 2.26. The third-order valence-corrected chi connectivity index (χ3v) is 6.88. The van der Waals surface area contributed by atoms with E-state index < -0.39 is 5.54 Å². The van der Waals surface area contributed by atoms with Gasteiger partial charge in [-0.25, -0.2) is 0 Å². The van der Waals surface area contributed by atoms with E-state index in [0.717, 1.165) is 24.9 Å². The molecule has 6 nitrogen and oxygen atoms in total. The van der Waals surface area contributed by atoms with Crippen LogP contribution in [-0.2, 0) is 9.53 Å². The molecule has 0 bridgehead atoms. The number of likely N-dealkylation sites (N-methyl/N-ethyl adjacent to an activating group) is 1.